The number of hydrogen-bond donors (Lipinski definition) is 0. The van der Waals surface area contributed by atoms with E-state index in [1.165, 1.54) is 6.07 Å². The summed E-state index contributed by atoms with van der Waals surface area (Å²) in [4.78, 5) is 16.3. The smallest absolute Gasteiger partial charge is 0.251 e. The van der Waals surface area contributed by atoms with Crippen molar-refractivity contribution in [3.05, 3.63) is 38.3 Å². The quantitative estimate of drug-likeness (QED) is 0.762. The average Bonchev–Trinajstić information content (AvgIpc) is 2.86. The topological polar surface area (TPSA) is 53.4 Å². The van der Waals surface area contributed by atoms with Gasteiger partial charge in [-0.3, -0.25) is 9.78 Å². The van der Waals surface area contributed by atoms with Crippen molar-refractivity contribution >= 4 is 33.6 Å². The van der Waals surface area contributed by atoms with Crippen LogP contribution in [0.4, 0.5) is 0 Å². The molecule has 94 valence electrons. The van der Waals surface area contributed by atoms with E-state index in [4.69, 9.17) is 9.47 Å². The zero-order valence-corrected chi connectivity index (χ0v) is 11.7. The van der Waals surface area contributed by atoms with E-state index < -0.39 is 0 Å². The molecule has 0 radical (unpaired) electrons. The molecule has 2 aromatic rings. The van der Waals surface area contributed by atoms with Crippen molar-refractivity contribution in [3.63, 3.8) is 0 Å². The summed E-state index contributed by atoms with van der Waals surface area (Å²) in [5.41, 5.74) is 1.55. The van der Waals surface area contributed by atoms with Crippen molar-refractivity contribution in [1.29, 1.82) is 0 Å². The third-order valence-electron chi connectivity index (χ3n) is 2.83. The van der Waals surface area contributed by atoms with Crippen LogP contribution >= 0.6 is 22.6 Å². The Labute approximate surface area is 117 Å². The highest BCUT2D eigenvalue weighted by Crippen LogP contribution is 2.15. The van der Waals surface area contributed by atoms with E-state index >= 15 is 0 Å². The van der Waals surface area contributed by atoms with Gasteiger partial charge in [-0.2, -0.15) is 0 Å². The molecule has 0 aromatic carbocycles. The Morgan fingerprint density at radius 2 is 2.17 bits per heavy atom. The summed E-state index contributed by atoms with van der Waals surface area (Å²) in [5, 5.41) is 0. The predicted octanol–water partition coefficient (Wildman–Crippen LogP) is 1.37. The first kappa shape index (κ1) is 12.1. The van der Waals surface area contributed by atoms with Crippen molar-refractivity contribution in [2.75, 3.05) is 13.2 Å². The number of nitrogens with zero attached hydrogens (tertiary/aromatic N) is 2. The number of hydrogen-bond acceptors (Lipinski definition) is 4. The van der Waals surface area contributed by atoms with E-state index in [9.17, 15) is 4.79 Å². The normalized spacial score (nSPS) is 16.5. The predicted molar refractivity (Wildman–Crippen MR) is 74.4 cm³/mol. The number of ether oxygens (including phenoxy) is 2. The van der Waals surface area contributed by atoms with E-state index in [0.717, 1.165) is 14.6 Å². The fraction of sp³-hybridized carbons (Fsp3) is 0.333. The van der Waals surface area contributed by atoms with E-state index in [1.54, 1.807) is 16.8 Å². The second-order valence-corrected chi connectivity index (χ2v) is 5.26. The Balaban J connectivity index is 2.10. The lowest BCUT2D eigenvalue weighted by Gasteiger charge is -2.13. The van der Waals surface area contributed by atoms with Crippen molar-refractivity contribution in [2.45, 2.75) is 12.8 Å². The van der Waals surface area contributed by atoms with Gasteiger partial charge in [-0.05, 0) is 34.7 Å². The number of pyridine rings is 2. The minimum absolute atomic E-state index is 0.0644. The molecule has 1 aliphatic rings. The summed E-state index contributed by atoms with van der Waals surface area (Å²) in [6, 6.07) is 5.21. The molecule has 2 aromatic heterocycles. The molecular formula is C12H11IN2O3. The standard InChI is InChI=1S/C12H11IN2O3/c13-8-5-10-9(14-6-8)1-2-11(16)15(10)7-12-17-3-4-18-12/h1-2,5-6,12H,3-4,7H2. The number of rotatable bonds is 2. The molecule has 1 aliphatic heterocycles. The average molecular weight is 358 g/mol. The summed E-state index contributed by atoms with van der Waals surface area (Å²) in [5.74, 6) is 0. The molecule has 0 amide bonds. The number of aromatic nitrogens is 2. The van der Waals surface area contributed by atoms with Crippen LogP contribution in [0, 0.1) is 3.57 Å². The Bertz CT molecular complexity index is 635. The van der Waals surface area contributed by atoms with Gasteiger partial charge in [0.2, 0.25) is 0 Å². The second-order valence-electron chi connectivity index (χ2n) is 4.01. The number of fused-ring (bicyclic) bond motifs is 1. The first-order valence-corrected chi connectivity index (χ1v) is 6.70. The molecule has 3 heterocycles. The summed E-state index contributed by atoms with van der Waals surface area (Å²) in [6.45, 7) is 1.57. The minimum Gasteiger partial charge on any atom is -0.348 e. The van der Waals surface area contributed by atoms with Gasteiger partial charge in [0.15, 0.2) is 6.29 Å². The maximum atomic E-state index is 12.0. The lowest BCUT2D eigenvalue weighted by atomic mass is 10.3. The van der Waals surface area contributed by atoms with Crippen LogP contribution in [0.5, 0.6) is 0 Å². The molecule has 0 aliphatic carbocycles. The Morgan fingerprint density at radius 1 is 1.39 bits per heavy atom. The first-order chi connectivity index (χ1) is 8.74. The van der Waals surface area contributed by atoms with E-state index in [2.05, 4.69) is 27.6 Å². The highest BCUT2D eigenvalue weighted by atomic mass is 127. The van der Waals surface area contributed by atoms with Gasteiger partial charge in [0.25, 0.3) is 5.56 Å². The van der Waals surface area contributed by atoms with Crippen LogP contribution in [-0.4, -0.2) is 29.1 Å². The highest BCUT2D eigenvalue weighted by Gasteiger charge is 2.18. The van der Waals surface area contributed by atoms with E-state index in [0.29, 0.717) is 19.8 Å². The van der Waals surface area contributed by atoms with Gasteiger partial charge in [-0.25, -0.2) is 0 Å². The first-order valence-electron chi connectivity index (χ1n) is 5.62. The molecule has 6 heteroatoms. The minimum atomic E-state index is -0.342. The molecular weight excluding hydrogens is 347 g/mol. The van der Waals surface area contributed by atoms with Crippen molar-refractivity contribution in [3.8, 4) is 0 Å². The van der Waals surface area contributed by atoms with Gasteiger partial charge >= 0.3 is 0 Å². The van der Waals surface area contributed by atoms with Crippen molar-refractivity contribution in [2.24, 2.45) is 0 Å². The number of halogens is 1. The summed E-state index contributed by atoms with van der Waals surface area (Å²) in [6.07, 6.45) is 1.44. The monoisotopic (exact) mass is 358 g/mol. The second kappa shape index (κ2) is 4.94. The van der Waals surface area contributed by atoms with Crippen LogP contribution in [-0.2, 0) is 16.0 Å². The lowest BCUT2D eigenvalue weighted by molar-refractivity contribution is -0.0522. The van der Waals surface area contributed by atoms with Crippen LogP contribution in [0.3, 0.4) is 0 Å². The van der Waals surface area contributed by atoms with Crippen LogP contribution in [0.2, 0.25) is 0 Å². The fourth-order valence-electron chi connectivity index (χ4n) is 1.99. The van der Waals surface area contributed by atoms with Crippen LogP contribution in [0.15, 0.2) is 29.2 Å². The third kappa shape index (κ3) is 2.27. The Kier molecular flexibility index (Phi) is 3.31. The molecule has 5 nitrogen and oxygen atoms in total. The molecule has 0 bridgehead atoms. The molecule has 18 heavy (non-hydrogen) atoms. The molecule has 1 fully saturated rings. The van der Waals surface area contributed by atoms with Crippen molar-refractivity contribution < 1.29 is 9.47 Å². The maximum absolute atomic E-state index is 12.0. The van der Waals surface area contributed by atoms with E-state index in [-0.39, 0.29) is 11.8 Å². The van der Waals surface area contributed by atoms with Crippen LogP contribution in [0.25, 0.3) is 11.0 Å². The molecule has 0 unspecified atom stereocenters. The van der Waals surface area contributed by atoms with Crippen LogP contribution in [0.1, 0.15) is 0 Å². The molecule has 0 atom stereocenters. The molecule has 3 rings (SSSR count). The van der Waals surface area contributed by atoms with E-state index in [1.807, 2.05) is 6.07 Å². The van der Waals surface area contributed by atoms with Gasteiger partial charge in [0.05, 0.1) is 30.8 Å². The summed E-state index contributed by atoms with van der Waals surface area (Å²) < 4.78 is 13.4. The Morgan fingerprint density at radius 3 is 2.94 bits per heavy atom. The lowest BCUT2D eigenvalue weighted by Crippen LogP contribution is -2.27. The van der Waals surface area contributed by atoms with Crippen LogP contribution < -0.4 is 5.56 Å². The maximum Gasteiger partial charge on any atom is 0.251 e. The highest BCUT2D eigenvalue weighted by molar-refractivity contribution is 14.1. The van der Waals surface area contributed by atoms with Gasteiger partial charge < -0.3 is 14.0 Å². The van der Waals surface area contributed by atoms with Gasteiger partial charge in [-0.15, -0.1) is 0 Å². The fourth-order valence-corrected chi connectivity index (χ4v) is 2.43. The Hall–Kier alpha value is -0.990. The van der Waals surface area contributed by atoms with Gasteiger partial charge in [0.1, 0.15) is 0 Å². The SMILES string of the molecule is O=c1ccc2ncc(I)cc2n1CC1OCCO1. The summed E-state index contributed by atoms with van der Waals surface area (Å²) in [7, 11) is 0. The third-order valence-corrected chi connectivity index (χ3v) is 3.42. The zero-order chi connectivity index (χ0) is 12.5. The molecule has 0 N–H and O–H groups in total. The van der Waals surface area contributed by atoms with Crippen molar-refractivity contribution in [1.82, 2.24) is 9.55 Å². The summed E-state index contributed by atoms with van der Waals surface area (Å²) >= 11 is 2.18. The van der Waals surface area contributed by atoms with Gasteiger partial charge in [0, 0.05) is 15.8 Å². The molecule has 1 saturated heterocycles. The largest absolute Gasteiger partial charge is 0.348 e. The molecule has 0 saturated carbocycles. The molecule has 0 spiro atoms. The van der Waals surface area contributed by atoms with Gasteiger partial charge in [-0.1, -0.05) is 0 Å². The zero-order valence-electron chi connectivity index (χ0n) is 9.51.